The molecule has 1 unspecified atom stereocenters. The fourth-order valence-electron chi connectivity index (χ4n) is 2.05. The van der Waals surface area contributed by atoms with Crippen LogP contribution in [0.25, 0.3) is 0 Å². The van der Waals surface area contributed by atoms with E-state index in [1.54, 1.807) is 19.1 Å². The van der Waals surface area contributed by atoms with Crippen molar-refractivity contribution in [1.29, 1.82) is 0 Å². The Morgan fingerprint density at radius 1 is 1.14 bits per heavy atom. The molecule has 0 bridgehead atoms. The van der Waals surface area contributed by atoms with Crippen LogP contribution in [0.4, 0.5) is 0 Å². The molecule has 0 aliphatic rings. The van der Waals surface area contributed by atoms with Crippen molar-refractivity contribution in [3.63, 3.8) is 0 Å². The second kappa shape index (κ2) is 8.42. The molecular formula is C16H24N2O3. The van der Waals surface area contributed by atoms with Crippen LogP contribution in [0.1, 0.15) is 43.1 Å². The summed E-state index contributed by atoms with van der Waals surface area (Å²) in [6, 6.07) is 6.46. The molecule has 0 radical (unpaired) electrons. The van der Waals surface area contributed by atoms with Crippen LogP contribution in [0.2, 0.25) is 0 Å². The summed E-state index contributed by atoms with van der Waals surface area (Å²) in [5.74, 6) is -1.36. The minimum atomic E-state index is -1.01. The fraction of sp³-hybridized carbons (Fsp3) is 0.500. The molecule has 116 valence electrons. The van der Waals surface area contributed by atoms with E-state index >= 15 is 0 Å². The number of hydrogen-bond donors (Lipinski definition) is 2. The number of amides is 1. The smallest absolute Gasteiger partial charge is 0.326 e. The first-order valence-electron chi connectivity index (χ1n) is 7.36. The largest absolute Gasteiger partial charge is 0.480 e. The van der Waals surface area contributed by atoms with Crippen molar-refractivity contribution in [3.8, 4) is 0 Å². The van der Waals surface area contributed by atoms with Crippen molar-refractivity contribution in [2.45, 2.75) is 39.8 Å². The van der Waals surface area contributed by atoms with E-state index in [0.717, 1.165) is 25.2 Å². The maximum Gasteiger partial charge on any atom is 0.326 e. The molecule has 2 N–H and O–H groups in total. The van der Waals surface area contributed by atoms with Gasteiger partial charge in [-0.15, -0.1) is 0 Å². The van der Waals surface area contributed by atoms with Crippen molar-refractivity contribution in [1.82, 2.24) is 10.2 Å². The lowest BCUT2D eigenvalue weighted by Crippen LogP contribution is -2.40. The van der Waals surface area contributed by atoms with E-state index in [-0.39, 0.29) is 5.91 Å². The Morgan fingerprint density at radius 3 is 2.14 bits per heavy atom. The van der Waals surface area contributed by atoms with Gasteiger partial charge in [0.05, 0.1) is 0 Å². The van der Waals surface area contributed by atoms with Gasteiger partial charge >= 0.3 is 5.97 Å². The first-order chi connectivity index (χ1) is 10.0. The van der Waals surface area contributed by atoms with E-state index in [2.05, 4.69) is 24.1 Å². The van der Waals surface area contributed by atoms with Crippen molar-refractivity contribution >= 4 is 11.9 Å². The number of rotatable bonds is 8. The molecule has 1 aromatic rings. The van der Waals surface area contributed by atoms with Crippen molar-refractivity contribution in [2.75, 3.05) is 13.1 Å². The summed E-state index contributed by atoms with van der Waals surface area (Å²) >= 11 is 0. The fourth-order valence-corrected chi connectivity index (χ4v) is 2.05. The maximum atomic E-state index is 12.0. The average Bonchev–Trinajstić information content (AvgIpc) is 2.50. The summed E-state index contributed by atoms with van der Waals surface area (Å²) in [5, 5.41) is 11.5. The standard InChI is InChI=1S/C16H24N2O3/c1-4-14(16(20)21)17-15(19)13-9-7-12(8-10-13)11-18(5-2)6-3/h7-10,14H,4-6,11H2,1-3H3,(H,17,19)(H,20,21). The van der Waals surface area contributed by atoms with Crippen molar-refractivity contribution in [2.24, 2.45) is 0 Å². The zero-order valence-corrected chi connectivity index (χ0v) is 12.9. The van der Waals surface area contributed by atoms with E-state index in [9.17, 15) is 9.59 Å². The molecule has 0 aromatic heterocycles. The number of aliphatic carboxylic acids is 1. The number of nitrogens with zero attached hydrogens (tertiary/aromatic N) is 1. The lowest BCUT2D eigenvalue weighted by molar-refractivity contribution is -0.139. The Hall–Kier alpha value is -1.88. The Morgan fingerprint density at radius 2 is 1.71 bits per heavy atom. The second-order valence-corrected chi connectivity index (χ2v) is 4.93. The molecule has 0 saturated carbocycles. The number of carboxylic acid groups (broad SMARTS) is 1. The first kappa shape index (κ1) is 17.2. The van der Waals surface area contributed by atoms with E-state index in [0.29, 0.717) is 12.0 Å². The normalized spacial score (nSPS) is 12.2. The van der Waals surface area contributed by atoms with Gasteiger partial charge in [-0.1, -0.05) is 32.9 Å². The van der Waals surface area contributed by atoms with E-state index in [4.69, 9.17) is 5.11 Å². The molecule has 0 aliphatic carbocycles. The summed E-state index contributed by atoms with van der Waals surface area (Å²) in [7, 11) is 0. The maximum absolute atomic E-state index is 12.0. The number of carbonyl (C=O) groups is 2. The van der Waals surface area contributed by atoms with Crippen molar-refractivity contribution < 1.29 is 14.7 Å². The zero-order chi connectivity index (χ0) is 15.8. The quantitative estimate of drug-likeness (QED) is 0.770. The highest BCUT2D eigenvalue weighted by atomic mass is 16.4. The predicted molar refractivity (Wildman–Crippen MR) is 82.2 cm³/mol. The highest BCUT2D eigenvalue weighted by Crippen LogP contribution is 2.08. The molecule has 21 heavy (non-hydrogen) atoms. The molecule has 1 aromatic carbocycles. The van der Waals surface area contributed by atoms with Crippen LogP contribution >= 0.6 is 0 Å². The lowest BCUT2D eigenvalue weighted by atomic mass is 10.1. The summed E-state index contributed by atoms with van der Waals surface area (Å²) in [6.45, 7) is 8.77. The van der Waals surface area contributed by atoms with Crippen LogP contribution in [0, 0.1) is 0 Å². The summed E-state index contributed by atoms with van der Waals surface area (Å²) in [5.41, 5.74) is 1.62. The molecular weight excluding hydrogens is 268 g/mol. The van der Waals surface area contributed by atoms with Gasteiger partial charge in [-0.2, -0.15) is 0 Å². The Bertz CT molecular complexity index is 467. The van der Waals surface area contributed by atoms with Crippen LogP contribution in [-0.4, -0.2) is 41.0 Å². The monoisotopic (exact) mass is 292 g/mol. The molecule has 1 atom stereocenters. The highest BCUT2D eigenvalue weighted by molar-refractivity contribution is 5.96. The molecule has 5 nitrogen and oxygen atoms in total. The van der Waals surface area contributed by atoms with Gasteiger partial charge < -0.3 is 10.4 Å². The third-order valence-corrected chi connectivity index (χ3v) is 3.53. The van der Waals surface area contributed by atoms with Gasteiger partial charge in [0.25, 0.3) is 5.91 Å². The summed E-state index contributed by atoms with van der Waals surface area (Å²) in [4.78, 5) is 25.2. The molecule has 1 rings (SSSR count). The number of hydrogen-bond acceptors (Lipinski definition) is 3. The van der Waals surface area contributed by atoms with Gasteiger partial charge in [0.15, 0.2) is 0 Å². The first-order valence-corrected chi connectivity index (χ1v) is 7.36. The SMILES string of the molecule is CCC(NC(=O)c1ccc(CN(CC)CC)cc1)C(=O)O. The molecule has 0 fully saturated rings. The minimum absolute atomic E-state index is 0.348. The van der Waals surface area contributed by atoms with Gasteiger partial charge in [0.1, 0.15) is 6.04 Å². The van der Waals surface area contributed by atoms with E-state index in [1.165, 1.54) is 0 Å². The van der Waals surface area contributed by atoms with Crippen molar-refractivity contribution in [3.05, 3.63) is 35.4 Å². The van der Waals surface area contributed by atoms with E-state index < -0.39 is 12.0 Å². The molecule has 0 aliphatic heterocycles. The van der Waals surface area contributed by atoms with Crippen LogP contribution in [0.3, 0.4) is 0 Å². The van der Waals surface area contributed by atoms with E-state index in [1.807, 2.05) is 12.1 Å². The Kier molecular flexibility index (Phi) is 6.88. The lowest BCUT2D eigenvalue weighted by Gasteiger charge is -2.18. The van der Waals surface area contributed by atoms with Crippen LogP contribution in [0.5, 0.6) is 0 Å². The van der Waals surface area contributed by atoms with Crippen LogP contribution in [0.15, 0.2) is 24.3 Å². The number of nitrogens with one attached hydrogen (secondary N) is 1. The van der Waals surface area contributed by atoms with Gasteiger partial charge in [-0.05, 0) is 37.2 Å². The molecule has 5 heteroatoms. The molecule has 0 saturated heterocycles. The molecule has 0 heterocycles. The summed E-state index contributed by atoms with van der Waals surface area (Å²) in [6.07, 6.45) is 0.362. The number of benzene rings is 1. The topological polar surface area (TPSA) is 69.6 Å². The third-order valence-electron chi connectivity index (χ3n) is 3.53. The zero-order valence-electron chi connectivity index (χ0n) is 12.9. The Balaban J connectivity index is 2.69. The second-order valence-electron chi connectivity index (χ2n) is 4.93. The Labute approximate surface area is 126 Å². The average molecular weight is 292 g/mol. The summed E-state index contributed by atoms with van der Waals surface area (Å²) < 4.78 is 0. The van der Waals surface area contributed by atoms with Gasteiger partial charge in [0, 0.05) is 12.1 Å². The number of carboxylic acids is 1. The van der Waals surface area contributed by atoms with Gasteiger partial charge in [0.2, 0.25) is 0 Å². The van der Waals surface area contributed by atoms with Gasteiger partial charge in [-0.3, -0.25) is 9.69 Å². The van der Waals surface area contributed by atoms with Crippen LogP contribution < -0.4 is 5.32 Å². The van der Waals surface area contributed by atoms with Gasteiger partial charge in [-0.25, -0.2) is 4.79 Å². The molecule has 1 amide bonds. The van der Waals surface area contributed by atoms with Crippen LogP contribution in [-0.2, 0) is 11.3 Å². The molecule has 0 spiro atoms. The highest BCUT2D eigenvalue weighted by Gasteiger charge is 2.18. The number of carbonyl (C=O) groups excluding carboxylic acids is 1. The minimum Gasteiger partial charge on any atom is -0.480 e. The predicted octanol–water partition coefficient (Wildman–Crippen LogP) is 2.12. The third kappa shape index (κ3) is 5.19.